The van der Waals surface area contributed by atoms with E-state index >= 15 is 0 Å². The molecule has 1 unspecified atom stereocenters. The number of ether oxygens (including phenoxy) is 4. The molecule has 1 N–H and O–H groups in total. The fraction of sp³-hybridized carbons (Fsp3) is 0.647. The van der Waals surface area contributed by atoms with Crippen molar-refractivity contribution in [1.29, 1.82) is 0 Å². The quantitative estimate of drug-likeness (QED) is 0.860. The smallest absolute Gasteiger partial charge is 0.157 e. The molecular formula is C17H25NO5. The second-order valence-electron chi connectivity index (χ2n) is 5.93. The zero-order chi connectivity index (χ0) is 16.2. The lowest BCUT2D eigenvalue weighted by atomic mass is 9.95. The van der Waals surface area contributed by atoms with Crippen LogP contribution in [0, 0.1) is 0 Å². The Morgan fingerprint density at radius 2 is 1.87 bits per heavy atom. The summed E-state index contributed by atoms with van der Waals surface area (Å²) in [5, 5.41) is 10.5. The number of methoxy groups -OCH3 is 2. The van der Waals surface area contributed by atoms with Gasteiger partial charge in [0, 0.05) is 24.2 Å². The van der Waals surface area contributed by atoms with Crippen LogP contribution < -0.4 is 9.47 Å². The van der Waals surface area contributed by atoms with E-state index in [4.69, 9.17) is 18.9 Å². The molecule has 0 spiro atoms. The van der Waals surface area contributed by atoms with Crippen molar-refractivity contribution in [2.75, 3.05) is 40.5 Å². The van der Waals surface area contributed by atoms with Gasteiger partial charge in [-0.05, 0) is 31.5 Å². The van der Waals surface area contributed by atoms with Gasteiger partial charge in [0.25, 0.3) is 0 Å². The highest BCUT2D eigenvalue weighted by molar-refractivity contribution is 5.51. The van der Waals surface area contributed by atoms with Gasteiger partial charge in [0.1, 0.15) is 11.5 Å². The Morgan fingerprint density at radius 3 is 2.57 bits per heavy atom. The van der Waals surface area contributed by atoms with E-state index in [-0.39, 0.29) is 6.29 Å². The van der Waals surface area contributed by atoms with Gasteiger partial charge in [-0.25, -0.2) is 0 Å². The predicted octanol–water partition coefficient (Wildman–Crippen LogP) is 1.71. The number of hydrogen-bond acceptors (Lipinski definition) is 6. The van der Waals surface area contributed by atoms with E-state index in [1.165, 1.54) is 0 Å². The third-order valence-electron chi connectivity index (χ3n) is 4.46. The molecule has 6 nitrogen and oxygen atoms in total. The van der Waals surface area contributed by atoms with E-state index in [0.717, 1.165) is 48.6 Å². The number of β-amino-alcohol motifs (C(OH)–C–C–N with tert-alkyl or cyclic N) is 1. The largest absolute Gasteiger partial charge is 0.496 e. The molecule has 0 bridgehead atoms. The number of benzene rings is 1. The summed E-state index contributed by atoms with van der Waals surface area (Å²) in [4.78, 5) is 2.24. The maximum Gasteiger partial charge on any atom is 0.157 e. The molecule has 3 rings (SSSR count). The topological polar surface area (TPSA) is 60.4 Å². The van der Waals surface area contributed by atoms with Crippen molar-refractivity contribution in [2.24, 2.45) is 0 Å². The second-order valence-corrected chi connectivity index (χ2v) is 5.93. The summed E-state index contributed by atoms with van der Waals surface area (Å²) in [5.41, 5.74) is 1.87. The Labute approximate surface area is 136 Å². The Balaban J connectivity index is 1.66. The van der Waals surface area contributed by atoms with Crippen LogP contribution >= 0.6 is 0 Å². The highest BCUT2D eigenvalue weighted by Crippen LogP contribution is 2.39. The van der Waals surface area contributed by atoms with Crippen molar-refractivity contribution in [3.63, 3.8) is 0 Å². The molecule has 6 heteroatoms. The molecular weight excluding hydrogens is 298 g/mol. The highest BCUT2D eigenvalue weighted by atomic mass is 16.7. The van der Waals surface area contributed by atoms with Gasteiger partial charge in [0.15, 0.2) is 6.29 Å². The monoisotopic (exact) mass is 323 g/mol. The van der Waals surface area contributed by atoms with Crippen LogP contribution in [-0.2, 0) is 16.0 Å². The SMILES string of the molecule is COc1ccc(OC)c2c1CN(CCCC1OCCO1)CC2O. The molecule has 1 saturated heterocycles. The molecule has 1 aromatic rings. The zero-order valence-electron chi connectivity index (χ0n) is 13.8. The molecule has 2 aliphatic heterocycles. The first-order valence-electron chi connectivity index (χ1n) is 8.10. The first kappa shape index (κ1) is 16.5. The summed E-state index contributed by atoms with van der Waals surface area (Å²) in [7, 11) is 3.28. The maximum atomic E-state index is 10.5. The molecule has 0 amide bonds. The van der Waals surface area contributed by atoms with Crippen LogP contribution in [0.3, 0.4) is 0 Å². The van der Waals surface area contributed by atoms with Crippen LogP contribution in [0.25, 0.3) is 0 Å². The number of hydrogen-bond donors (Lipinski definition) is 1. The lowest BCUT2D eigenvalue weighted by Crippen LogP contribution is -2.35. The van der Waals surface area contributed by atoms with Gasteiger partial charge in [-0.15, -0.1) is 0 Å². The van der Waals surface area contributed by atoms with E-state index in [1.54, 1.807) is 14.2 Å². The minimum absolute atomic E-state index is 0.0633. The maximum absolute atomic E-state index is 10.5. The fourth-order valence-electron chi connectivity index (χ4n) is 3.37. The van der Waals surface area contributed by atoms with E-state index in [0.29, 0.717) is 19.8 Å². The Kier molecular flexibility index (Phi) is 5.38. The third kappa shape index (κ3) is 3.61. The lowest BCUT2D eigenvalue weighted by Gasteiger charge is -2.34. The summed E-state index contributed by atoms with van der Waals surface area (Å²) >= 11 is 0. The van der Waals surface area contributed by atoms with Gasteiger partial charge in [-0.1, -0.05) is 0 Å². The van der Waals surface area contributed by atoms with Crippen LogP contribution in [-0.4, -0.2) is 56.8 Å². The van der Waals surface area contributed by atoms with Crippen LogP contribution in [0.4, 0.5) is 0 Å². The van der Waals surface area contributed by atoms with Gasteiger partial charge >= 0.3 is 0 Å². The predicted molar refractivity (Wildman–Crippen MR) is 84.7 cm³/mol. The molecule has 0 aliphatic carbocycles. The molecule has 128 valence electrons. The van der Waals surface area contributed by atoms with Gasteiger partial charge in [-0.2, -0.15) is 0 Å². The van der Waals surface area contributed by atoms with Gasteiger partial charge in [0.2, 0.25) is 0 Å². The Bertz CT molecular complexity index is 530. The van der Waals surface area contributed by atoms with Crippen LogP contribution in [0.5, 0.6) is 11.5 Å². The van der Waals surface area contributed by atoms with E-state index in [2.05, 4.69) is 4.90 Å². The normalized spacial score (nSPS) is 22.1. The number of rotatable bonds is 6. The van der Waals surface area contributed by atoms with E-state index < -0.39 is 6.10 Å². The molecule has 1 fully saturated rings. The highest BCUT2D eigenvalue weighted by Gasteiger charge is 2.29. The van der Waals surface area contributed by atoms with Crippen molar-refractivity contribution in [3.8, 4) is 11.5 Å². The van der Waals surface area contributed by atoms with Crippen LogP contribution in [0.1, 0.15) is 30.1 Å². The molecule has 0 radical (unpaired) electrons. The fourth-order valence-corrected chi connectivity index (χ4v) is 3.37. The summed E-state index contributed by atoms with van der Waals surface area (Å²) in [6.07, 6.45) is 1.22. The number of nitrogens with zero attached hydrogens (tertiary/aromatic N) is 1. The summed E-state index contributed by atoms with van der Waals surface area (Å²) in [6, 6.07) is 3.75. The lowest BCUT2D eigenvalue weighted by molar-refractivity contribution is -0.0495. The molecule has 2 heterocycles. The van der Waals surface area contributed by atoms with E-state index in [9.17, 15) is 5.11 Å². The van der Waals surface area contributed by atoms with Crippen molar-refractivity contribution in [3.05, 3.63) is 23.3 Å². The molecule has 1 atom stereocenters. The minimum atomic E-state index is -0.567. The molecule has 1 aromatic carbocycles. The van der Waals surface area contributed by atoms with Gasteiger partial charge in [-0.3, -0.25) is 4.90 Å². The van der Waals surface area contributed by atoms with Crippen LogP contribution in [0.2, 0.25) is 0 Å². The summed E-state index contributed by atoms with van der Waals surface area (Å²) < 4.78 is 21.8. The number of fused-ring (bicyclic) bond motifs is 1. The van der Waals surface area contributed by atoms with Gasteiger partial charge in [0.05, 0.1) is 33.5 Å². The second kappa shape index (κ2) is 7.49. The van der Waals surface area contributed by atoms with Crippen molar-refractivity contribution in [1.82, 2.24) is 4.90 Å². The number of aliphatic hydroxyl groups excluding tert-OH is 1. The molecule has 23 heavy (non-hydrogen) atoms. The average molecular weight is 323 g/mol. The van der Waals surface area contributed by atoms with Crippen molar-refractivity contribution < 1.29 is 24.1 Å². The molecule has 2 aliphatic rings. The Hall–Kier alpha value is -1.34. The Morgan fingerprint density at radius 1 is 1.17 bits per heavy atom. The molecule has 0 aromatic heterocycles. The standard InChI is InChI=1S/C17H25NO5/c1-20-14-5-6-15(21-2)17-12(14)10-18(11-13(17)19)7-3-4-16-22-8-9-23-16/h5-6,13,16,19H,3-4,7-11H2,1-2H3. The number of aliphatic hydroxyl groups is 1. The third-order valence-corrected chi connectivity index (χ3v) is 4.46. The first-order valence-corrected chi connectivity index (χ1v) is 8.10. The minimum Gasteiger partial charge on any atom is -0.496 e. The summed E-state index contributed by atoms with van der Waals surface area (Å²) in [5.74, 6) is 1.52. The zero-order valence-corrected chi connectivity index (χ0v) is 13.8. The molecule has 0 saturated carbocycles. The first-order chi connectivity index (χ1) is 11.2. The summed E-state index contributed by atoms with van der Waals surface area (Å²) in [6.45, 7) is 3.62. The van der Waals surface area contributed by atoms with Crippen molar-refractivity contribution >= 4 is 0 Å². The van der Waals surface area contributed by atoms with E-state index in [1.807, 2.05) is 12.1 Å². The van der Waals surface area contributed by atoms with Gasteiger partial charge < -0.3 is 24.1 Å². The van der Waals surface area contributed by atoms with Crippen molar-refractivity contribution in [2.45, 2.75) is 31.8 Å². The van der Waals surface area contributed by atoms with Crippen LogP contribution in [0.15, 0.2) is 12.1 Å². The average Bonchev–Trinajstić information content (AvgIpc) is 3.07.